The molecule has 160 valence electrons. The third kappa shape index (κ3) is 3.83. The molecular formula is C23H17ClN4O4. The molecule has 0 aliphatic rings. The van der Waals surface area contributed by atoms with E-state index in [1.54, 1.807) is 50.2 Å². The molecule has 0 bridgehead atoms. The van der Waals surface area contributed by atoms with Gasteiger partial charge in [-0.25, -0.2) is 4.98 Å². The Balaban J connectivity index is 1.69. The van der Waals surface area contributed by atoms with Crippen molar-refractivity contribution >= 4 is 39.8 Å². The lowest BCUT2D eigenvalue weighted by Crippen LogP contribution is -2.22. The van der Waals surface area contributed by atoms with Gasteiger partial charge < -0.3 is 5.32 Å². The van der Waals surface area contributed by atoms with Crippen LogP contribution in [-0.4, -0.2) is 20.4 Å². The second-order valence-electron chi connectivity index (χ2n) is 7.19. The molecule has 0 atom stereocenters. The van der Waals surface area contributed by atoms with E-state index in [2.05, 4.69) is 10.3 Å². The molecule has 9 heteroatoms. The first kappa shape index (κ1) is 21.2. The number of anilines is 1. The van der Waals surface area contributed by atoms with Gasteiger partial charge in [0.1, 0.15) is 5.82 Å². The highest BCUT2D eigenvalue weighted by atomic mass is 35.5. The van der Waals surface area contributed by atoms with Gasteiger partial charge in [-0.2, -0.15) is 0 Å². The first-order valence-electron chi connectivity index (χ1n) is 9.61. The maximum atomic E-state index is 13.0. The largest absolute Gasteiger partial charge is 0.322 e. The number of carbonyl (C=O) groups is 1. The molecule has 0 saturated carbocycles. The Hall–Kier alpha value is -4.04. The van der Waals surface area contributed by atoms with Gasteiger partial charge >= 0.3 is 0 Å². The number of carbonyl (C=O) groups excluding carboxylic acids is 1. The van der Waals surface area contributed by atoms with Crippen molar-refractivity contribution in [3.63, 3.8) is 0 Å². The van der Waals surface area contributed by atoms with Gasteiger partial charge in [0.2, 0.25) is 0 Å². The Kier molecular flexibility index (Phi) is 5.46. The van der Waals surface area contributed by atoms with E-state index in [0.29, 0.717) is 33.7 Å². The van der Waals surface area contributed by atoms with Crippen molar-refractivity contribution in [2.75, 3.05) is 5.32 Å². The number of nitro groups is 1. The van der Waals surface area contributed by atoms with Crippen molar-refractivity contribution in [1.82, 2.24) is 9.55 Å². The number of nitrogens with zero attached hydrogens (tertiary/aromatic N) is 3. The van der Waals surface area contributed by atoms with Gasteiger partial charge in [0.15, 0.2) is 0 Å². The summed E-state index contributed by atoms with van der Waals surface area (Å²) in [5.74, 6) is -0.0384. The van der Waals surface area contributed by atoms with Crippen LogP contribution in [0.15, 0.2) is 65.5 Å². The van der Waals surface area contributed by atoms with Crippen LogP contribution in [0.25, 0.3) is 16.6 Å². The number of hydrogen-bond acceptors (Lipinski definition) is 5. The highest BCUT2D eigenvalue weighted by molar-refractivity contribution is 6.34. The molecule has 0 spiro atoms. The second-order valence-corrected chi connectivity index (χ2v) is 7.60. The van der Waals surface area contributed by atoms with Gasteiger partial charge in [0, 0.05) is 17.8 Å². The average molecular weight is 449 g/mol. The first-order chi connectivity index (χ1) is 15.3. The number of nitrogens with one attached hydrogen (secondary N) is 1. The lowest BCUT2D eigenvalue weighted by molar-refractivity contribution is -0.384. The van der Waals surface area contributed by atoms with Crippen molar-refractivity contribution < 1.29 is 9.72 Å². The Labute approximate surface area is 187 Å². The zero-order valence-electron chi connectivity index (χ0n) is 17.1. The summed E-state index contributed by atoms with van der Waals surface area (Å²) in [6, 6.07) is 15.9. The summed E-state index contributed by atoms with van der Waals surface area (Å²) < 4.78 is 1.51. The number of nitro benzene ring substituents is 1. The number of hydrogen-bond donors (Lipinski definition) is 1. The van der Waals surface area contributed by atoms with Crippen molar-refractivity contribution in [2.24, 2.45) is 0 Å². The van der Waals surface area contributed by atoms with E-state index in [1.165, 1.54) is 16.7 Å². The minimum atomic E-state index is -0.592. The van der Waals surface area contributed by atoms with Crippen molar-refractivity contribution in [2.45, 2.75) is 13.8 Å². The third-order valence-electron chi connectivity index (χ3n) is 5.07. The van der Waals surface area contributed by atoms with Crippen LogP contribution in [0.1, 0.15) is 21.7 Å². The quantitative estimate of drug-likeness (QED) is 0.356. The summed E-state index contributed by atoms with van der Waals surface area (Å²) in [4.78, 5) is 40.6. The van der Waals surface area contributed by atoms with E-state index in [1.807, 2.05) is 6.07 Å². The van der Waals surface area contributed by atoms with E-state index in [4.69, 9.17) is 11.6 Å². The number of halogens is 1. The summed E-state index contributed by atoms with van der Waals surface area (Å²) in [7, 11) is 0. The standard InChI is InChI=1S/C23H17ClN4O4/c1-13-11-15(27-14(2)25-21-6-4-3-5-17(21)23(27)30)8-10-20(13)26-22(29)18-12-16(28(31)32)7-9-19(18)24/h3-12H,1-2H3,(H,26,29). The smallest absolute Gasteiger partial charge is 0.270 e. The fourth-order valence-electron chi connectivity index (χ4n) is 3.47. The molecule has 1 heterocycles. The van der Waals surface area contributed by atoms with E-state index in [-0.39, 0.29) is 21.8 Å². The predicted octanol–water partition coefficient (Wildman–Crippen LogP) is 4.82. The van der Waals surface area contributed by atoms with Crippen LogP contribution in [0, 0.1) is 24.0 Å². The summed E-state index contributed by atoms with van der Waals surface area (Å²) in [5, 5.41) is 14.3. The molecule has 4 rings (SSSR count). The molecule has 0 fully saturated rings. The zero-order chi connectivity index (χ0) is 23.0. The third-order valence-corrected chi connectivity index (χ3v) is 5.39. The molecule has 3 aromatic carbocycles. The SMILES string of the molecule is Cc1cc(-n2c(C)nc3ccccc3c2=O)ccc1NC(=O)c1cc([N+](=O)[O-])ccc1Cl. The fourth-order valence-corrected chi connectivity index (χ4v) is 3.67. The van der Waals surface area contributed by atoms with Crippen LogP contribution in [0.2, 0.25) is 5.02 Å². The van der Waals surface area contributed by atoms with Gasteiger partial charge in [-0.3, -0.25) is 24.3 Å². The monoisotopic (exact) mass is 448 g/mol. The van der Waals surface area contributed by atoms with Gasteiger partial charge in [0.25, 0.3) is 17.2 Å². The fraction of sp³-hybridized carbons (Fsp3) is 0.0870. The summed E-state index contributed by atoms with van der Waals surface area (Å²) >= 11 is 6.06. The Morgan fingerprint density at radius 1 is 1.09 bits per heavy atom. The molecule has 0 radical (unpaired) electrons. The molecule has 1 aromatic heterocycles. The second kappa shape index (κ2) is 8.24. The number of non-ortho nitro benzene ring substituents is 1. The lowest BCUT2D eigenvalue weighted by Gasteiger charge is -2.14. The molecule has 0 unspecified atom stereocenters. The minimum absolute atomic E-state index is 0.00450. The highest BCUT2D eigenvalue weighted by Gasteiger charge is 2.17. The summed E-state index contributed by atoms with van der Waals surface area (Å²) in [6.45, 7) is 3.53. The molecular weight excluding hydrogens is 432 g/mol. The van der Waals surface area contributed by atoms with Crippen LogP contribution in [-0.2, 0) is 0 Å². The maximum Gasteiger partial charge on any atom is 0.270 e. The average Bonchev–Trinajstić information content (AvgIpc) is 2.75. The number of para-hydroxylation sites is 1. The van der Waals surface area contributed by atoms with Crippen LogP contribution < -0.4 is 10.9 Å². The van der Waals surface area contributed by atoms with Gasteiger partial charge in [-0.15, -0.1) is 0 Å². The maximum absolute atomic E-state index is 13.0. The Bertz CT molecular complexity index is 1460. The summed E-state index contributed by atoms with van der Waals surface area (Å²) in [5.41, 5.74) is 1.99. The van der Waals surface area contributed by atoms with Crippen LogP contribution in [0.5, 0.6) is 0 Å². The van der Waals surface area contributed by atoms with Crippen molar-refractivity contribution in [3.05, 3.63) is 103 Å². The van der Waals surface area contributed by atoms with E-state index >= 15 is 0 Å². The highest BCUT2D eigenvalue weighted by Crippen LogP contribution is 2.25. The molecule has 0 aliphatic carbocycles. The van der Waals surface area contributed by atoms with E-state index < -0.39 is 10.8 Å². The van der Waals surface area contributed by atoms with E-state index in [9.17, 15) is 19.7 Å². The van der Waals surface area contributed by atoms with Crippen molar-refractivity contribution in [3.8, 4) is 5.69 Å². The molecule has 1 amide bonds. The Morgan fingerprint density at radius 2 is 1.84 bits per heavy atom. The molecule has 0 aliphatic heterocycles. The Morgan fingerprint density at radius 3 is 2.56 bits per heavy atom. The minimum Gasteiger partial charge on any atom is -0.322 e. The van der Waals surface area contributed by atoms with Gasteiger partial charge in [-0.05, 0) is 55.8 Å². The summed E-state index contributed by atoms with van der Waals surface area (Å²) in [6.07, 6.45) is 0. The molecule has 8 nitrogen and oxygen atoms in total. The number of aryl methyl sites for hydroxylation is 2. The van der Waals surface area contributed by atoms with Gasteiger partial charge in [0.05, 0.1) is 32.1 Å². The lowest BCUT2D eigenvalue weighted by atomic mass is 10.1. The normalized spacial score (nSPS) is 10.8. The number of amides is 1. The van der Waals surface area contributed by atoms with Gasteiger partial charge in [-0.1, -0.05) is 23.7 Å². The topological polar surface area (TPSA) is 107 Å². The molecule has 0 saturated heterocycles. The number of fused-ring (bicyclic) bond motifs is 1. The zero-order valence-corrected chi connectivity index (χ0v) is 17.9. The van der Waals surface area contributed by atoms with E-state index in [0.717, 1.165) is 6.07 Å². The number of aromatic nitrogens is 2. The molecule has 4 aromatic rings. The predicted molar refractivity (Wildman–Crippen MR) is 123 cm³/mol. The van der Waals surface area contributed by atoms with Crippen LogP contribution in [0.3, 0.4) is 0 Å². The number of benzene rings is 3. The molecule has 32 heavy (non-hydrogen) atoms. The van der Waals surface area contributed by atoms with Crippen LogP contribution in [0.4, 0.5) is 11.4 Å². The van der Waals surface area contributed by atoms with Crippen molar-refractivity contribution in [1.29, 1.82) is 0 Å². The molecule has 1 N–H and O–H groups in total. The number of rotatable bonds is 4. The van der Waals surface area contributed by atoms with Crippen LogP contribution >= 0.6 is 11.6 Å². The first-order valence-corrected chi connectivity index (χ1v) is 9.99.